The molecule has 1 heterocycles. The van der Waals surface area contributed by atoms with Gasteiger partial charge in [-0.25, -0.2) is 9.67 Å². The van der Waals surface area contributed by atoms with E-state index < -0.39 is 0 Å². The first kappa shape index (κ1) is 12.6. The van der Waals surface area contributed by atoms with Crippen molar-refractivity contribution in [3.63, 3.8) is 0 Å². The zero-order chi connectivity index (χ0) is 12.8. The Hall–Kier alpha value is -1.84. The minimum atomic E-state index is 0.714. The fraction of sp³-hybridized carbons (Fsp3) is 0.429. The Morgan fingerprint density at radius 3 is 2.61 bits per heavy atom. The van der Waals surface area contributed by atoms with Crippen LogP contribution in [0.1, 0.15) is 31.7 Å². The SMILES string of the molecule is CCCn1ncnc1CNc1ccc(CC)cc1. The van der Waals surface area contributed by atoms with Crippen LogP contribution in [0.3, 0.4) is 0 Å². The smallest absolute Gasteiger partial charge is 0.146 e. The van der Waals surface area contributed by atoms with E-state index in [1.807, 2.05) is 4.68 Å². The molecule has 18 heavy (non-hydrogen) atoms. The van der Waals surface area contributed by atoms with Crippen molar-refractivity contribution in [1.82, 2.24) is 14.8 Å². The molecule has 1 N–H and O–H groups in total. The number of aromatic nitrogens is 3. The first-order chi connectivity index (χ1) is 8.83. The Balaban J connectivity index is 1.95. The van der Waals surface area contributed by atoms with Crippen molar-refractivity contribution in [1.29, 1.82) is 0 Å². The molecular weight excluding hydrogens is 224 g/mol. The van der Waals surface area contributed by atoms with Gasteiger partial charge in [-0.2, -0.15) is 5.10 Å². The van der Waals surface area contributed by atoms with Crippen molar-refractivity contribution in [2.24, 2.45) is 0 Å². The van der Waals surface area contributed by atoms with Crippen LogP contribution in [0.25, 0.3) is 0 Å². The monoisotopic (exact) mass is 244 g/mol. The molecule has 0 unspecified atom stereocenters. The highest BCUT2D eigenvalue weighted by Gasteiger charge is 2.02. The van der Waals surface area contributed by atoms with Gasteiger partial charge in [-0.1, -0.05) is 26.0 Å². The molecule has 0 aliphatic carbocycles. The van der Waals surface area contributed by atoms with Crippen LogP contribution in [-0.2, 0) is 19.5 Å². The number of nitrogens with one attached hydrogen (secondary N) is 1. The van der Waals surface area contributed by atoms with Crippen LogP contribution in [0.5, 0.6) is 0 Å². The van der Waals surface area contributed by atoms with E-state index in [1.54, 1.807) is 6.33 Å². The Morgan fingerprint density at radius 1 is 1.17 bits per heavy atom. The maximum absolute atomic E-state index is 4.27. The number of rotatable bonds is 6. The van der Waals surface area contributed by atoms with E-state index in [0.717, 1.165) is 30.9 Å². The van der Waals surface area contributed by atoms with Crippen LogP contribution in [0, 0.1) is 0 Å². The molecule has 4 heteroatoms. The van der Waals surface area contributed by atoms with Gasteiger partial charge >= 0.3 is 0 Å². The van der Waals surface area contributed by atoms with E-state index in [4.69, 9.17) is 0 Å². The van der Waals surface area contributed by atoms with Gasteiger partial charge in [0.1, 0.15) is 12.2 Å². The molecule has 0 amide bonds. The zero-order valence-electron chi connectivity index (χ0n) is 11.1. The lowest BCUT2D eigenvalue weighted by molar-refractivity contribution is 0.574. The normalized spacial score (nSPS) is 10.6. The maximum Gasteiger partial charge on any atom is 0.146 e. The molecule has 0 radical (unpaired) electrons. The average molecular weight is 244 g/mol. The summed E-state index contributed by atoms with van der Waals surface area (Å²) < 4.78 is 1.95. The summed E-state index contributed by atoms with van der Waals surface area (Å²) in [5.41, 5.74) is 2.48. The lowest BCUT2D eigenvalue weighted by Crippen LogP contribution is -2.10. The van der Waals surface area contributed by atoms with Gasteiger partial charge in [-0.15, -0.1) is 0 Å². The van der Waals surface area contributed by atoms with Gasteiger partial charge in [0.15, 0.2) is 0 Å². The predicted octanol–water partition coefficient (Wildman–Crippen LogP) is 2.86. The molecule has 0 atom stereocenters. The van der Waals surface area contributed by atoms with Crippen LogP contribution in [0.15, 0.2) is 30.6 Å². The minimum Gasteiger partial charge on any atom is -0.378 e. The highest BCUT2D eigenvalue weighted by Crippen LogP contribution is 2.11. The van der Waals surface area contributed by atoms with Gasteiger partial charge in [0, 0.05) is 12.2 Å². The van der Waals surface area contributed by atoms with E-state index in [1.165, 1.54) is 5.56 Å². The third-order valence-corrected chi connectivity index (χ3v) is 2.94. The Morgan fingerprint density at radius 2 is 1.94 bits per heavy atom. The van der Waals surface area contributed by atoms with Crippen LogP contribution in [-0.4, -0.2) is 14.8 Å². The quantitative estimate of drug-likeness (QED) is 0.849. The molecule has 0 saturated heterocycles. The molecular formula is C14H20N4. The second kappa shape index (κ2) is 6.19. The molecule has 0 aliphatic heterocycles. The first-order valence-corrected chi connectivity index (χ1v) is 6.53. The van der Waals surface area contributed by atoms with Crippen LogP contribution >= 0.6 is 0 Å². The van der Waals surface area contributed by atoms with Crippen molar-refractivity contribution in [3.8, 4) is 0 Å². The van der Waals surface area contributed by atoms with Crippen LogP contribution in [0.4, 0.5) is 5.69 Å². The number of anilines is 1. The van der Waals surface area contributed by atoms with E-state index in [-0.39, 0.29) is 0 Å². The summed E-state index contributed by atoms with van der Waals surface area (Å²) in [4.78, 5) is 4.27. The predicted molar refractivity (Wildman–Crippen MR) is 73.5 cm³/mol. The second-order valence-electron chi connectivity index (χ2n) is 4.30. The van der Waals surface area contributed by atoms with Crippen molar-refractivity contribution in [3.05, 3.63) is 42.0 Å². The summed E-state index contributed by atoms with van der Waals surface area (Å²) in [6, 6.07) is 8.52. The maximum atomic E-state index is 4.27. The van der Waals surface area contributed by atoms with Gasteiger partial charge < -0.3 is 5.32 Å². The molecule has 1 aromatic heterocycles. The van der Waals surface area contributed by atoms with E-state index >= 15 is 0 Å². The standard InChI is InChI=1S/C14H20N4/c1-3-9-18-14(16-11-17-18)10-15-13-7-5-12(4-2)6-8-13/h5-8,11,15H,3-4,9-10H2,1-2H3. The van der Waals surface area contributed by atoms with Crippen molar-refractivity contribution < 1.29 is 0 Å². The number of nitrogens with zero attached hydrogens (tertiary/aromatic N) is 3. The summed E-state index contributed by atoms with van der Waals surface area (Å²) in [5, 5.41) is 7.58. The molecule has 0 saturated carbocycles. The van der Waals surface area contributed by atoms with E-state index in [9.17, 15) is 0 Å². The topological polar surface area (TPSA) is 42.7 Å². The summed E-state index contributed by atoms with van der Waals surface area (Å²) >= 11 is 0. The molecule has 4 nitrogen and oxygen atoms in total. The lowest BCUT2D eigenvalue weighted by Gasteiger charge is -2.08. The highest BCUT2D eigenvalue weighted by molar-refractivity contribution is 5.44. The van der Waals surface area contributed by atoms with Crippen LogP contribution in [0.2, 0.25) is 0 Å². The number of benzene rings is 1. The molecule has 2 aromatic rings. The summed E-state index contributed by atoms with van der Waals surface area (Å²) in [6.45, 7) is 5.94. The van der Waals surface area contributed by atoms with Gasteiger partial charge in [0.05, 0.1) is 6.54 Å². The van der Waals surface area contributed by atoms with E-state index in [0.29, 0.717) is 6.54 Å². The number of aryl methyl sites for hydroxylation is 2. The van der Waals surface area contributed by atoms with Gasteiger partial charge in [-0.3, -0.25) is 0 Å². The molecule has 0 spiro atoms. The average Bonchev–Trinajstić information content (AvgIpc) is 2.85. The van der Waals surface area contributed by atoms with Gasteiger partial charge in [-0.05, 0) is 30.5 Å². The Bertz CT molecular complexity index is 473. The molecule has 0 fully saturated rings. The molecule has 2 rings (SSSR count). The Kier molecular flexibility index (Phi) is 4.34. The first-order valence-electron chi connectivity index (χ1n) is 6.53. The summed E-state index contributed by atoms with van der Waals surface area (Å²) in [5.74, 6) is 0.983. The second-order valence-corrected chi connectivity index (χ2v) is 4.30. The third kappa shape index (κ3) is 3.09. The van der Waals surface area contributed by atoms with Crippen molar-refractivity contribution >= 4 is 5.69 Å². The lowest BCUT2D eigenvalue weighted by atomic mass is 10.1. The third-order valence-electron chi connectivity index (χ3n) is 2.94. The van der Waals surface area contributed by atoms with Gasteiger partial charge in [0.2, 0.25) is 0 Å². The highest BCUT2D eigenvalue weighted by atomic mass is 15.3. The summed E-state index contributed by atoms with van der Waals surface area (Å²) in [7, 11) is 0. The van der Waals surface area contributed by atoms with E-state index in [2.05, 4.69) is 53.5 Å². The fourth-order valence-corrected chi connectivity index (χ4v) is 1.86. The fourth-order valence-electron chi connectivity index (χ4n) is 1.86. The minimum absolute atomic E-state index is 0.714. The van der Waals surface area contributed by atoms with Crippen molar-refractivity contribution in [2.75, 3.05) is 5.32 Å². The zero-order valence-corrected chi connectivity index (χ0v) is 11.1. The molecule has 96 valence electrons. The number of hydrogen-bond acceptors (Lipinski definition) is 3. The molecule has 1 aromatic carbocycles. The molecule has 0 bridgehead atoms. The Labute approximate surface area is 108 Å². The number of hydrogen-bond donors (Lipinski definition) is 1. The summed E-state index contributed by atoms with van der Waals surface area (Å²) in [6.07, 6.45) is 3.76. The van der Waals surface area contributed by atoms with Crippen molar-refractivity contribution in [2.45, 2.75) is 39.8 Å². The largest absolute Gasteiger partial charge is 0.378 e. The van der Waals surface area contributed by atoms with Crippen LogP contribution < -0.4 is 5.32 Å². The molecule has 0 aliphatic rings. The van der Waals surface area contributed by atoms with Gasteiger partial charge in [0.25, 0.3) is 0 Å².